The topological polar surface area (TPSA) is 41.1 Å². The third-order valence-electron chi connectivity index (χ3n) is 2.95. The molecule has 1 amide bonds. The molecule has 0 aliphatic carbocycles. The Balaban J connectivity index is 2.69. The van der Waals surface area contributed by atoms with Crippen LogP contribution in [0.4, 0.5) is 11.4 Å². The lowest BCUT2D eigenvalue weighted by molar-refractivity contribution is -0.114. The number of benzene rings is 1. The van der Waals surface area contributed by atoms with E-state index in [2.05, 4.69) is 30.5 Å². The van der Waals surface area contributed by atoms with Crippen LogP contribution in [0, 0.1) is 6.92 Å². The number of hydrogen-bond donors (Lipinski definition) is 2. The van der Waals surface area contributed by atoms with E-state index >= 15 is 0 Å². The minimum Gasteiger partial charge on any atom is -0.383 e. The van der Waals surface area contributed by atoms with Crippen molar-refractivity contribution in [1.82, 2.24) is 0 Å². The number of carbonyl (C=O) groups is 1. The number of unbranched alkanes of at least 4 members (excludes halogenated alkanes) is 1. The molecule has 3 nitrogen and oxygen atoms in total. The molecule has 1 aromatic carbocycles. The van der Waals surface area contributed by atoms with E-state index in [-0.39, 0.29) is 5.91 Å². The fourth-order valence-electron chi connectivity index (χ4n) is 1.90. The fraction of sp³-hybridized carbons (Fsp3) is 0.533. The van der Waals surface area contributed by atoms with Gasteiger partial charge < -0.3 is 10.6 Å². The number of amides is 1. The van der Waals surface area contributed by atoms with E-state index in [9.17, 15) is 4.79 Å². The molecule has 3 heteroatoms. The number of nitrogens with one attached hydrogen (secondary N) is 2. The van der Waals surface area contributed by atoms with Crippen molar-refractivity contribution in [3.05, 3.63) is 23.8 Å². The Morgan fingerprint density at radius 1 is 1.39 bits per heavy atom. The Bertz CT molecular complexity index is 401. The van der Waals surface area contributed by atoms with Gasteiger partial charge in [-0.05, 0) is 38.0 Å². The van der Waals surface area contributed by atoms with E-state index < -0.39 is 0 Å². The molecule has 18 heavy (non-hydrogen) atoms. The highest BCUT2D eigenvalue weighted by molar-refractivity contribution is 5.90. The summed E-state index contributed by atoms with van der Waals surface area (Å²) in [7, 11) is 0. The highest BCUT2D eigenvalue weighted by Crippen LogP contribution is 2.21. The summed E-state index contributed by atoms with van der Waals surface area (Å²) in [6.07, 6.45) is 3.62. The van der Waals surface area contributed by atoms with Gasteiger partial charge in [0.2, 0.25) is 5.91 Å². The van der Waals surface area contributed by atoms with E-state index in [1.165, 1.54) is 26.2 Å². The van der Waals surface area contributed by atoms with Gasteiger partial charge in [0, 0.05) is 24.3 Å². The second kappa shape index (κ2) is 7.04. The van der Waals surface area contributed by atoms with E-state index in [1.807, 2.05) is 19.1 Å². The maximum absolute atomic E-state index is 11.1. The Hall–Kier alpha value is -1.51. The van der Waals surface area contributed by atoms with Crippen LogP contribution in [0.3, 0.4) is 0 Å². The lowest BCUT2D eigenvalue weighted by Gasteiger charge is -2.16. The van der Waals surface area contributed by atoms with Gasteiger partial charge in [-0.15, -0.1) is 0 Å². The van der Waals surface area contributed by atoms with Crippen LogP contribution >= 0.6 is 0 Å². The molecule has 0 aliphatic rings. The molecule has 0 fully saturated rings. The van der Waals surface area contributed by atoms with Crippen LogP contribution in [-0.2, 0) is 4.79 Å². The van der Waals surface area contributed by atoms with Crippen molar-refractivity contribution in [2.24, 2.45) is 0 Å². The van der Waals surface area contributed by atoms with Gasteiger partial charge in [-0.3, -0.25) is 4.79 Å². The number of anilines is 2. The lowest BCUT2D eigenvalue weighted by atomic mass is 10.1. The van der Waals surface area contributed by atoms with Gasteiger partial charge in [0.15, 0.2) is 0 Å². The minimum atomic E-state index is -0.0331. The van der Waals surface area contributed by atoms with Crippen molar-refractivity contribution in [3.8, 4) is 0 Å². The van der Waals surface area contributed by atoms with Gasteiger partial charge in [-0.2, -0.15) is 0 Å². The molecule has 0 heterocycles. The SMILES string of the molecule is CCCCC(C)Nc1ccc(C)c(NC(C)=O)c1. The second-order valence-corrected chi connectivity index (χ2v) is 4.90. The average Bonchev–Trinajstić information content (AvgIpc) is 2.30. The van der Waals surface area contributed by atoms with Crippen molar-refractivity contribution >= 4 is 17.3 Å². The molecule has 0 radical (unpaired) electrons. The first-order valence-corrected chi connectivity index (χ1v) is 6.67. The second-order valence-electron chi connectivity index (χ2n) is 4.90. The zero-order chi connectivity index (χ0) is 13.5. The highest BCUT2D eigenvalue weighted by atomic mass is 16.1. The lowest BCUT2D eigenvalue weighted by Crippen LogP contribution is -2.15. The Kier molecular flexibility index (Phi) is 5.69. The predicted molar refractivity (Wildman–Crippen MR) is 78.1 cm³/mol. The van der Waals surface area contributed by atoms with E-state index in [0.29, 0.717) is 6.04 Å². The van der Waals surface area contributed by atoms with Gasteiger partial charge in [-0.1, -0.05) is 25.8 Å². The smallest absolute Gasteiger partial charge is 0.221 e. The molecule has 0 aromatic heterocycles. The van der Waals surface area contributed by atoms with Crippen molar-refractivity contribution in [1.29, 1.82) is 0 Å². The Morgan fingerprint density at radius 3 is 2.72 bits per heavy atom. The molecule has 0 aliphatic heterocycles. The Labute approximate surface area is 110 Å². The molecule has 1 aromatic rings. The molecule has 2 N–H and O–H groups in total. The molecule has 1 atom stereocenters. The third kappa shape index (κ3) is 4.78. The van der Waals surface area contributed by atoms with Crippen molar-refractivity contribution < 1.29 is 4.79 Å². The standard InChI is InChI=1S/C15H24N2O/c1-5-6-7-12(3)16-14-9-8-11(2)15(10-14)17-13(4)18/h8-10,12,16H,5-7H2,1-4H3,(H,17,18). The Morgan fingerprint density at radius 2 is 2.11 bits per heavy atom. The first-order valence-electron chi connectivity index (χ1n) is 6.67. The number of carbonyl (C=O) groups excluding carboxylic acids is 1. The summed E-state index contributed by atoms with van der Waals surface area (Å²) in [5.41, 5.74) is 3.03. The molecule has 0 saturated carbocycles. The summed E-state index contributed by atoms with van der Waals surface area (Å²) in [6.45, 7) is 7.92. The van der Waals surface area contributed by atoms with Gasteiger partial charge in [0.1, 0.15) is 0 Å². The highest BCUT2D eigenvalue weighted by Gasteiger charge is 2.05. The van der Waals surface area contributed by atoms with Crippen LogP contribution in [0.15, 0.2) is 18.2 Å². The number of aryl methyl sites for hydroxylation is 1. The van der Waals surface area contributed by atoms with Crippen molar-refractivity contribution in [3.63, 3.8) is 0 Å². The maximum atomic E-state index is 11.1. The zero-order valence-electron chi connectivity index (χ0n) is 11.8. The van der Waals surface area contributed by atoms with E-state index in [0.717, 1.165) is 16.9 Å². The minimum absolute atomic E-state index is 0.0331. The predicted octanol–water partition coefficient (Wildman–Crippen LogP) is 3.94. The van der Waals surface area contributed by atoms with Crippen LogP contribution in [0.2, 0.25) is 0 Å². The summed E-state index contributed by atoms with van der Waals surface area (Å²) in [5, 5.41) is 6.32. The average molecular weight is 248 g/mol. The van der Waals surface area contributed by atoms with E-state index in [4.69, 9.17) is 0 Å². The fourth-order valence-corrected chi connectivity index (χ4v) is 1.90. The normalized spacial score (nSPS) is 12.0. The number of hydrogen-bond acceptors (Lipinski definition) is 2. The largest absolute Gasteiger partial charge is 0.383 e. The first-order chi connectivity index (χ1) is 8.52. The summed E-state index contributed by atoms with van der Waals surface area (Å²) < 4.78 is 0. The molecule has 1 unspecified atom stereocenters. The monoisotopic (exact) mass is 248 g/mol. The summed E-state index contributed by atoms with van der Waals surface area (Å²) in [4.78, 5) is 11.1. The van der Waals surface area contributed by atoms with Gasteiger partial charge in [0.25, 0.3) is 0 Å². The van der Waals surface area contributed by atoms with E-state index in [1.54, 1.807) is 0 Å². The zero-order valence-corrected chi connectivity index (χ0v) is 11.8. The van der Waals surface area contributed by atoms with Crippen LogP contribution in [0.5, 0.6) is 0 Å². The summed E-state index contributed by atoms with van der Waals surface area (Å²) in [6, 6.07) is 6.54. The van der Waals surface area contributed by atoms with Crippen LogP contribution < -0.4 is 10.6 Å². The third-order valence-corrected chi connectivity index (χ3v) is 2.95. The number of rotatable bonds is 6. The molecule has 0 spiro atoms. The maximum Gasteiger partial charge on any atom is 0.221 e. The molecular formula is C15H24N2O. The quantitative estimate of drug-likeness (QED) is 0.800. The molecule has 1 rings (SSSR count). The van der Waals surface area contributed by atoms with Gasteiger partial charge in [-0.25, -0.2) is 0 Å². The molecule has 0 saturated heterocycles. The molecule has 100 valence electrons. The van der Waals surface area contributed by atoms with Crippen LogP contribution in [0.25, 0.3) is 0 Å². The molecule has 0 bridgehead atoms. The summed E-state index contributed by atoms with van der Waals surface area (Å²) >= 11 is 0. The van der Waals surface area contributed by atoms with Gasteiger partial charge >= 0.3 is 0 Å². The van der Waals surface area contributed by atoms with Crippen LogP contribution in [-0.4, -0.2) is 11.9 Å². The van der Waals surface area contributed by atoms with Gasteiger partial charge in [0.05, 0.1) is 0 Å². The van der Waals surface area contributed by atoms with Crippen molar-refractivity contribution in [2.45, 2.75) is 53.0 Å². The summed E-state index contributed by atoms with van der Waals surface area (Å²) in [5.74, 6) is -0.0331. The first kappa shape index (κ1) is 14.6. The molecular weight excluding hydrogens is 224 g/mol. The van der Waals surface area contributed by atoms with Crippen molar-refractivity contribution in [2.75, 3.05) is 10.6 Å². The van der Waals surface area contributed by atoms with Crippen LogP contribution in [0.1, 0.15) is 45.6 Å².